The maximum atomic E-state index is 4.57. The standard InChI is InChI=1S/C20H17BrN4S/c21-17-7-3-1-5-13(17)12-26-20-24-23-19(25(20)14-9-10-14)16-11-22-18-8-4-2-6-15(16)18/h1-8,11,14,22H,9-10,12H2. The molecule has 0 aliphatic heterocycles. The van der Waals surface area contributed by atoms with E-state index >= 15 is 0 Å². The van der Waals surface area contributed by atoms with Crippen LogP contribution in [0.5, 0.6) is 0 Å². The number of hydrogen-bond acceptors (Lipinski definition) is 3. The Bertz CT molecular complexity index is 1080. The van der Waals surface area contributed by atoms with Crippen molar-refractivity contribution in [3.8, 4) is 11.4 Å². The Morgan fingerprint density at radius 3 is 2.73 bits per heavy atom. The van der Waals surface area contributed by atoms with Crippen LogP contribution in [0.1, 0.15) is 24.4 Å². The van der Waals surface area contributed by atoms with Crippen molar-refractivity contribution in [3.63, 3.8) is 0 Å². The molecule has 0 bridgehead atoms. The van der Waals surface area contributed by atoms with Gasteiger partial charge in [0.05, 0.1) is 0 Å². The highest BCUT2D eigenvalue weighted by molar-refractivity contribution is 9.10. The fraction of sp³-hybridized carbons (Fsp3) is 0.200. The van der Waals surface area contributed by atoms with E-state index in [0.717, 1.165) is 32.3 Å². The summed E-state index contributed by atoms with van der Waals surface area (Å²) in [6.07, 6.45) is 4.46. The van der Waals surface area contributed by atoms with E-state index in [1.807, 2.05) is 12.1 Å². The molecule has 2 heterocycles. The Morgan fingerprint density at radius 2 is 1.88 bits per heavy atom. The molecule has 0 spiro atoms. The number of aromatic amines is 1. The second kappa shape index (κ2) is 6.59. The molecule has 26 heavy (non-hydrogen) atoms. The van der Waals surface area contributed by atoms with Crippen molar-refractivity contribution < 1.29 is 0 Å². The lowest BCUT2D eigenvalue weighted by Crippen LogP contribution is -1.99. The smallest absolute Gasteiger partial charge is 0.192 e. The number of rotatable bonds is 5. The van der Waals surface area contributed by atoms with Crippen LogP contribution in [0.2, 0.25) is 0 Å². The van der Waals surface area contributed by atoms with Gasteiger partial charge in [-0.05, 0) is 30.5 Å². The third kappa shape index (κ3) is 2.87. The average Bonchev–Trinajstić information content (AvgIpc) is 3.28. The number of thioether (sulfide) groups is 1. The van der Waals surface area contributed by atoms with Crippen molar-refractivity contribution in [2.24, 2.45) is 0 Å². The van der Waals surface area contributed by atoms with Crippen molar-refractivity contribution >= 4 is 38.6 Å². The van der Waals surface area contributed by atoms with Crippen LogP contribution in [0.3, 0.4) is 0 Å². The molecule has 0 radical (unpaired) electrons. The molecule has 2 aromatic heterocycles. The lowest BCUT2D eigenvalue weighted by Gasteiger charge is -2.09. The summed E-state index contributed by atoms with van der Waals surface area (Å²) in [4.78, 5) is 3.35. The lowest BCUT2D eigenvalue weighted by atomic mass is 10.1. The fourth-order valence-corrected chi connectivity index (χ4v) is 4.86. The van der Waals surface area contributed by atoms with E-state index < -0.39 is 0 Å². The zero-order chi connectivity index (χ0) is 17.5. The number of hydrogen-bond donors (Lipinski definition) is 1. The number of H-pyrrole nitrogens is 1. The summed E-state index contributed by atoms with van der Waals surface area (Å²) in [6.45, 7) is 0. The second-order valence-electron chi connectivity index (χ2n) is 6.54. The van der Waals surface area contributed by atoms with Gasteiger partial charge >= 0.3 is 0 Å². The summed E-state index contributed by atoms with van der Waals surface area (Å²) in [5.41, 5.74) is 3.54. The third-order valence-corrected chi connectivity index (χ3v) is 6.49. The zero-order valence-corrected chi connectivity index (χ0v) is 16.4. The second-order valence-corrected chi connectivity index (χ2v) is 8.33. The molecule has 4 nitrogen and oxygen atoms in total. The Hall–Kier alpha value is -2.05. The molecule has 2 aromatic carbocycles. The van der Waals surface area contributed by atoms with E-state index in [9.17, 15) is 0 Å². The number of nitrogens with one attached hydrogen (secondary N) is 1. The molecule has 5 rings (SSSR count). The first kappa shape index (κ1) is 16.1. The number of fused-ring (bicyclic) bond motifs is 1. The maximum absolute atomic E-state index is 4.57. The van der Waals surface area contributed by atoms with Gasteiger partial charge in [-0.1, -0.05) is 64.1 Å². The van der Waals surface area contributed by atoms with E-state index in [0.29, 0.717) is 6.04 Å². The highest BCUT2D eigenvalue weighted by Gasteiger charge is 2.30. The monoisotopic (exact) mass is 424 g/mol. The summed E-state index contributed by atoms with van der Waals surface area (Å²) in [7, 11) is 0. The predicted octanol–water partition coefficient (Wildman–Crippen LogP) is 5.82. The number of nitrogens with zero attached hydrogens (tertiary/aromatic N) is 3. The van der Waals surface area contributed by atoms with Crippen molar-refractivity contribution in [3.05, 3.63) is 64.8 Å². The summed E-state index contributed by atoms with van der Waals surface area (Å²) in [5.74, 6) is 1.85. The summed E-state index contributed by atoms with van der Waals surface area (Å²) in [5, 5.41) is 11.3. The van der Waals surface area contributed by atoms with Crippen LogP contribution in [0.15, 0.2) is 64.4 Å². The van der Waals surface area contributed by atoms with Crippen molar-refractivity contribution in [1.82, 2.24) is 19.7 Å². The number of halogens is 1. The van der Waals surface area contributed by atoms with Crippen LogP contribution < -0.4 is 0 Å². The van der Waals surface area contributed by atoms with Gasteiger partial charge in [-0.2, -0.15) is 0 Å². The Kier molecular flexibility index (Phi) is 4.10. The van der Waals surface area contributed by atoms with E-state index in [4.69, 9.17) is 0 Å². The van der Waals surface area contributed by atoms with Crippen LogP contribution in [-0.2, 0) is 5.75 Å². The van der Waals surface area contributed by atoms with E-state index in [1.165, 1.54) is 23.8 Å². The maximum Gasteiger partial charge on any atom is 0.192 e. The number of para-hydroxylation sites is 1. The Labute approximate surface area is 164 Å². The Morgan fingerprint density at radius 1 is 1.08 bits per heavy atom. The summed E-state index contributed by atoms with van der Waals surface area (Å²) >= 11 is 5.39. The quantitative estimate of drug-likeness (QED) is 0.410. The minimum Gasteiger partial charge on any atom is -0.360 e. The molecule has 130 valence electrons. The van der Waals surface area contributed by atoms with Crippen molar-refractivity contribution in [2.75, 3.05) is 0 Å². The van der Waals surface area contributed by atoms with Gasteiger partial charge in [0.25, 0.3) is 0 Å². The molecule has 4 aromatic rings. The SMILES string of the molecule is Brc1ccccc1CSc1nnc(-c2c[nH]c3ccccc23)n1C1CC1. The molecule has 1 aliphatic carbocycles. The van der Waals surface area contributed by atoms with Gasteiger partial charge in [0, 0.05) is 38.9 Å². The average molecular weight is 425 g/mol. The van der Waals surface area contributed by atoms with Crippen molar-refractivity contribution in [1.29, 1.82) is 0 Å². The van der Waals surface area contributed by atoms with E-state index in [-0.39, 0.29) is 0 Å². The van der Waals surface area contributed by atoms with Gasteiger partial charge < -0.3 is 4.98 Å². The van der Waals surface area contributed by atoms with Crippen LogP contribution in [0.4, 0.5) is 0 Å². The zero-order valence-electron chi connectivity index (χ0n) is 14.0. The van der Waals surface area contributed by atoms with Gasteiger partial charge in [-0.15, -0.1) is 10.2 Å². The molecule has 1 N–H and O–H groups in total. The molecular weight excluding hydrogens is 408 g/mol. The molecule has 0 atom stereocenters. The first-order valence-electron chi connectivity index (χ1n) is 8.69. The topological polar surface area (TPSA) is 46.5 Å². The molecule has 0 saturated heterocycles. The molecule has 0 amide bonds. The minimum atomic E-state index is 0.523. The van der Waals surface area contributed by atoms with Gasteiger partial charge in [0.1, 0.15) is 0 Å². The van der Waals surface area contributed by atoms with E-state index in [2.05, 4.69) is 78.3 Å². The first-order valence-corrected chi connectivity index (χ1v) is 10.5. The predicted molar refractivity (Wildman–Crippen MR) is 109 cm³/mol. The molecule has 0 unspecified atom stereocenters. The lowest BCUT2D eigenvalue weighted by molar-refractivity contribution is 0.669. The first-order chi connectivity index (χ1) is 12.8. The molecule has 1 aliphatic rings. The molecular formula is C20H17BrN4S. The number of benzene rings is 2. The fourth-order valence-electron chi connectivity index (χ4n) is 3.24. The van der Waals surface area contributed by atoms with Crippen LogP contribution in [0.25, 0.3) is 22.3 Å². The highest BCUT2D eigenvalue weighted by atomic mass is 79.9. The summed E-state index contributed by atoms with van der Waals surface area (Å²) in [6, 6.07) is 17.2. The molecule has 1 fully saturated rings. The minimum absolute atomic E-state index is 0.523. The molecule has 1 saturated carbocycles. The normalized spacial score (nSPS) is 14.2. The molecule has 6 heteroatoms. The number of aromatic nitrogens is 4. The van der Waals surface area contributed by atoms with Crippen LogP contribution in [0, 0.1) is 0 Å². The highest BCUT2D eigenvalue weighted by Crippen LogP contribution is 2.42. The summed E-state index contributed by atoms with van der Waals surface area (Å²) < 4.78 is 3.47. The van der Waals surface area contributed by atoms with E-state index in [1.54, 1.807) is 11.8 Å². The van der Waals surface area contributed by atoms with Crippen LogP contribution in [-0.4, -0.2) is 19.7 Å². The van der Waals surface area contributed by atoms with Gasteiger partial charge in [-0.3, -0.25) is 4.57 Å². The Balaban J connectivity index is 1.51. The van der Waals surface area contributed by atoms with Gasteiger partial charge in [-0.25, -0.2) is 0 Å². The van der Waals surface area contributed by atoms with Crippen LogP contribution >= 0.6 is 27.7 Å². The third-order valence-electron chi connectivity index (χ3n) is 4.72. The largest absolute Gasteiger partial charge is 0.360 e. The van der Waals surface area contributed by atoms with Crippen molar-refractivity contribution in [2.45, 2.75) is 29.8 Å². The van der Waals surface area contributed by atoms with Gasteiger partial charge in [0.15, 0.2) is 11.0 Å². The van der Waals surface area contributed by atoms with Gasteiger partial charge in [0.2, 0.25) is 0 Å².